The zero-order valence-electron chi connectivity index (χ0n) is 18.0. The number of anilines is 1. The fourth-order valence-electron chi connectivity index (χ4n) is 4.04. The van der Waals surface area contributed by atoms with Crippen LogP contribution in [0.25, 0.3) is 10.2 Å². The number of piperidine rings is 1. The Kier molecular flexibility index (Phi) is 6.67. The summed E-state index contributed by atoms with van der Waals surface area (Å²) < 4.78 is 29.3. The molecule has 1 aromatic carbocycles. The predicted molar refractivity (Wildman–Crippen MR) is 136 cm³/mol. The third kappa shape index (κ3) is 4.73. The number of hydrogen-bond donors (Lipinski definition) is 0. The van der Waals surface area contributed by atoms with Crippen molar-refractivity contribution < 1.29 is 13.2 Å². The lowest BCUT2D eigenvalue weighted by Crippen LogP contribution is -2.46. The van der Waals surface area contributed by atoms with Gasteiger partial charge in [0.05, 0.1) is 27.0 Å². The summed E-state index contributed by atoms with van der Waals surface area (Å²) in [5.74, 6) is -0.602. The normalized spacial score (nSPS) is 17.1. The first-order valence-electron chi connectivity index (χ1n) is 10.7. The number of carbonyl (C=O) groups excluding carboxylic acids is 1. The van der Waals surface area contributed by atoms with Crippen molar-refractivity contribution in [2.75, 3.05) is 18.0 Å². The van der Waals surface area contributed by atoms with Gasteiger partial charge in [-0.2, -0.15) is 4.31 Å². The maximum absolute atomic E-state index is 13.8. The Hall–Kier alpha value is -2.37. The third-order valence-corrected chi connectivity index (χ3v) is 10.3. The molecule has 1 saturated heterocycles. The van der Waals surface area contributed by atoms with Crippen LogP contribution in [-0.2, 0) is 21.4 Å². The van der Waals surface area contributed by atoms with Crippen molar-refractivity contribution >= 4 is 65.6 Å². The second kappa shape index (κ2) is 9.71. The summed E-state index contributed by atoms with van der Waals surface area (Å²) in [5, 5.41) is 0.597. The number of thiophene rings is 1. The van der Waals surface area contributed by atoms with Gasteiger partial charge in [-0.3, -0.25) is 14.7 Å². The summed E-state index contributed by atoms with van der Waals surface area (Å²) in [5.41, 5.74) is 1.71. The Morgan fingerprint density at radius 3 is 2.74 bits per heavy atom. The number of pyridine rings is 1. The molecule has 0 bridgehead atoms. The van der Waals surface area contributed by atoms with E-state index in [0.29, 0.717) is 35.4 Å². The zero-order valence-corrected chi connectivity index (χ0v) is 21.2. The number of carbonyl (C=O) groups is 1. The lowest BCUT2D eigenvalue weighted by atomic mass is 9.98. The first kappa shape index (κ1) is 23.4. The Labute approximate surface area is 210 Å². The van der Waals surface area contributed by atoms with E-state index in [2.05, 4.69) is 4.98 Å². The van der Waals surface area contributed by atoms with Crippen molar-refractivity contribution in [2.45, 2.75) is 23.6 Å². The van der Waals surface area contributed by atoms with Gasteiger partial charge in [0.1, 0.15) is 4.21 Å². The van der Waals surface area contributed by atoms with Crippen molar-refractivity contribution in [1.82, 2.24) is 14.3 Å². The molecule has 1 aliphatic rings. The van der Waals surface area contributed by atoms with E-state index in [9.17, 15) is 13.2 Å². The Balaban J connectivity index is 1.44. The molecule has 7 nitrogen and oxygen atoms in total. The van der Waals surface area contributed by atoms with Gasteiger partial charge in [0.15, 0.2) is 5.13 Å². The minimum Gasteiger partial charge on any atom is -0.283 e. The van der Waals surface area contributed by atoms with E-state index in [4.69, 9.17) is 16.6 Å². The van der Waals surface area contributed by atoms with E-state index in [1.807, 2.05) is 36.4 Å². The smallest absolute Gasteiger partial charge is 0.252 e. The average molecular weight is 533 g/mol. The quantitative estimate of drug-likeness (QED) is 0.347. The summed E-state index contributed by atoms with van der Waals surface area (Å²) >= 11 is 8.45. The van der Waals surface area contributed by atoms with Crippen molar-refractivity contribution in [3.05, 3.63) is 70.8 Å². The highest BCUT2D eigenvalue weighted by Crippen LogP contribution is 2.34. The van der Waals surface area contributed by atoms with E-state index in [1.54, 1.807) is 23.4 Å². The molecule has 1 aliphatic heterocycles. The summed E-state index contributed by atoms with van der Waals surface area (Å²) in [4.78, 5) is 24.4. The molecular formula is C23H21ClN4O3S3. The van der Waals surface area contributed by atoms with Crippen LogP contribution >= 0.6 is 34.3 Å². The second-order valence-electron chi connectivity index (χ2n) is 8.01. The predicted octanol–water partition coefficient (Wildman–Crippen LogP) is 5.04. The molecule has 0 spiro atoms. The van der Waals surface area contributed by atoms with Gasteiger partial charge >= 0.3 is 0 Å². The molecule has 3 aromatic heterocycles. The number of amides is 1. The molecule has 4 heterocycles. The van der Waals surface area contributed by atoms with Crippen LogP contribution in [0, 0.1) is 5.92 Å². The number of fused-ring (bicyclic) bond motifs is 1. The van der Waals surface area contributed by atoms with Gasteiger partial charge in [-0.1, -0.05) is 41.1 Å². The molecule has 1 unspecified atom stereocenters. The number of aromatic nitrogens is 2. The van der Waals surface area contributed by atoms with Crippen LogP contribution in [0.5, 0.6) is 0 Å². The van der Waals surface area contributed by atoms with Crippen LogP contribution in [-0.4, -0.2) is 41.7 Å². The Bertz CT molecular complexity index is 1390. The molecule has 0 radical (unpaired) electrons. The molecule has 0 aliphatic carbocycles. The minimum atomic E-state index is -3.70. The van der Waals surface area contributed by atoms with Gasteiger partial charge in [-0.25, -0.2) is 13.4 Å². The SMILES string of the molecule is O=C(C1CCCN(S(=O)(=O)c2ccc(Cl)s2)C1)N(Cc1cccnc1)c1nc2ccccc2s1. The summed E-state index contributed by atoms with van der Waals surface area (Å²) in [6.07, 6.45) is 4.64. The molecule has 176 valence electrons. The van der Waals surface area contributed by atoms with Crippen LogP contribution in [0.3, 0.4) is 0 Å². The van der Waals surface area contributed by atoms with Crippen molar-refractivity contribution in [3.63, 3.8) is 0 Å². The summed E-state index contributed by atoms with van der Waals surface area (Å²) in [7, 11) is -3.70. The molecule has 5 rings (SSSR count). The van der Waals surface area contributed by atoms with Crippen LogP contribution < -0.4 is 4.90 Å². The topological polar surface area (TPSA) is 83.5 Å². The molecular weight excluding hydrogens is 512 g/mol. The molecule has 0 saturated carbocycles. The first-order chi connectivity index (χ1) is 16.4. The molecule has 11 heteroatoms. The van der Waals surface area contributed by atoms with Crippen LogP contribution in [0.15, 0.2) is 65.1 Å². The lowest BCUT2D eigenvalue weighted by Gasteiger charge is -2.33. The van der Waals surface area contributed by atoms with Gasteiger partial charge in [0, 0.05) is 25.5 Å². The van der Waals surface area contributed by atoms with E-state index in [0.717, 1.165) is 27.1 Å². The molecule has 4 aromatic rings. The number of hydrogen-bond acceptors (Lipinski definition) is 7. The highest BCUT2D eigenvalue weighted by molar-refractivity contribution is 7.91. The number of benzene rings is 1. The largest absolute Gasteiger partial charge is 0.283 e. The average Bonchev–Trinajstić information content (AvgIpc) is 3.49. The molecule has 1 fully saturated rings. The highest BCUT2D eigenvalue weighted by Gasteiger charge is 2.36. The standard InChI is InChI=1S/C23H21ClN4O3S3/c24-20-9-10-21(33-20)34(30,31)27-12-4-6-17(15-27)22(29)28(14-16-5-3-11-25-13-16)23-26-18-7-1-2-8-19(18)32-23/h1-3,5,7-11,13,17H,4,6,12,14-15H2. The van der Waals surface area contributed by atoms with E-state index < -0.39 is 15.9 Å². The lowest BCUT2D eigenvalue weighted by molar-refractivity contribution is -0.123. The number of rotatable bonds is 6. The maximum Gasteiger partial charge on any atom is 0.252 e. The Morgan fingerprint density at radius 1 is 1.15 bits per heavy atom. The number of nitrogens with zero attached hydrogens (tertiary/aromatic N) is 4. The van der Waals surface area contributed by atoms with Gasteiger partial charge < -0.3 is 0 Å². The van der Waals surface area contributed by atoms with Crippen molar-refractivity contribution in [3.8, 4) is 0 Å². The third-order valence-electron chi connectivity index (χ3n) is 5.72. The van der Waals surface area contributed by atoms with Gasteiger partial charge in [-0.05, 0) is 48.7 Å². The van der Waals surface area contributed by atoms with E-state index >= 15 is 0 Å². The monoisotopic (exact) mass is 532 g/mol. The summed E-state index contributed by atoms with van der Waals surface area (Å²) in [6, 6.07) is 14.6. The van der Waals surface area contributed by atoms with Crippen LogP contribution in [0.1, 0.15) is 18.4 Å². The van der Waals surface area contributed by atoms with Crippen LogP contribution in [0.2, 0.25) is 4.34 Å². The summed E-state index contributed by atoms with van der Waals surface area (Å²) in [6.45, 7) is 0.826. The van der Waals surface area contributed by atoms with Crippen molar-refractivity contribution in [1.29, 1.82) is 0 Å². The maximum atomic E-state index is 13.8. The number of halogens is 1. The van der Waals surface area contributed by atoms with Crippen LogP contribution in [0.4, 0.5) is 5.13 Å². The fraction of sp³-hybridized carbons (Fsp3) is 0.261. The van der Waals surface area contributed by atoms with Gasteiger partial charge in [-0.15, -0.1) is 11.3 Å². The molecule has 34 heavy (non-hydrogen) atoms. The molecule has 1 atom stereocenters. The minimum absolute atomic E-state index is 0.130. The molecule has 1 amide bonds. The first-order valence-corrected chi connectivity index (χ1v) is 14.2. The second-order valence-corrected chi connectivity index (χ2v) is 12.9. The zero-order chi connectivity index (χ0) is 23.7. The fourth-order valence-corrected chi connectivity index (χ4v) is 8.17. The Morgan fingerprint density at radius 2 is 2.00 bits per heavy atom. The highest BCUT2D eigenvalue weighted by atomic mass is 35.5. The van der Waals surface area contributed by atoms with Gasteiger partial charge in [0.25, 0.3) is 10.0 Å². The number of sulfonamides is 1. The van der Waals surface area contributed by atoms with Crippen molar-refractivity contribution in [2.24, 2.45) is 5.92 Å². The number of thiazole rings is 1. The van der Waals surface area contributed by atoms with E-state index in [-0.39, 0.29) is 16.7 Å². The molecule has 0 N–H and O–H groups in total. The van der Waals surface area contributed by atoms with Gasteiger partial charge in [0.2, 0.25) is 5.91 Å². The van der Waals surface area contributed by atoms with E-state index in [1.165, 1.54) is 21.7 Å². The number of para-hydroxylation sites is 1.